The number of hydrogen-bond acceptors (Lipinski definition) is 2. The first-order valence-corrected chi connectivity index (χ1v) is 11.0. The van der Waals surface area contributed by atoms with Gasteiger partial charge in [0.15, 0.2) is 0 Å². The molecule has 0 fully saturated rings. The molecule has 1 aromatic carbocycles. The molecule has 0 spiro atoms. The number of fused-ring (bicyclic) bond motifs is 1. The third kappa shape index (κ3) is 3.21. The van der Waals surface area contributed by atoms with Crippen molar-refractivity contribution in [1.29, 1.82) is 0 Å². The quantitative estimate of drug-likeness (QED) is 0.532. The molecule has 2 rings (SSSR count). The Morgan fingerprint density at radius 1 is 1.00 bits per heavy atom. The highest BCUT2D eigenvalue weighted by molar-refractivity contribution is 6.90. The minimum atomic E-state index is -1.85. The van der Waals surface area contributed by atoms with Gasteiger partial charge in [0.25, 0.3) is 0 Å². The van der Waals surface area contributed by atoms with Gasteiger partial charge in [0.2, 0.25) is 5.43 Å². The fourth-order valence-electron chi connectivity index (χ4n) is 3.94. The topological polar surface area (TPSA) is 30.2 Å². The molecule has 0 bridgehead atoms. The first kappa shape index (κ1) is 18.5. The van der Waals surface area contributed by atoms with Crippen LogP contribution in [0.5, 0.6) is 0 Å². The first-order chi connectivity index (χ1) is 11.2. The van der Waals surface area contributed by atoms with E-state index in [9.17, 15) is 4.79 Å². The Hall–Kier alpha value is -1.79. The van der Waals surface area contributed by atoms with Crippen LogP contribution in [0.3, 0.4) is 0 Å². The van der Waals surface area contributed by atoms with Crippen LogP contribution in [-0.2, 0) is 0 Å². The van der Waals surface area contributed by atoms with E-state index in [0.29, 0.717) is 33.2 Å². The highest BCUT2D eigenvalue weighted by Crippen LogP contribution is 2.40. The third-order valence-electron chi connectivity index (χ3n) is 5.21. The van der Waals surface area contributed by atoms with Crippen molar-refractivity contribution in [1.82, 2.24) is 0 Å². The van der Waals surface area contributed by atoms with Gasteiger partial charge in [0, 0.05) is 0 Å². The summed E-state index contributed by atoms with van der Waals surface area (Å²) in [6.45, 7) is 15.6. The largest absolute Gasteiger partial charge is 0.463 e. The summed E-state index contributed by atoms with van der Waals surface area (Å²) in [5, 5.41) is 0.618. The predicted octanol–water partition coefficient (Wildman–Crippen LogP) is 5.67. The fourth-order valence-corrected chi connectivity index (χ4v) is 9.16. The molecule has 0 aliphatic heterocycles. The molecular weight excluding hydrogens is 312 g/mol. The Morgan fingerprint density at radius 2 is 1.58 bits per heavy atom. The predicted molar refractivity (Wildman–Crippen MR) is 105 cm³/mol. The lowest BCUT2D eigenvalue weighted by atomic mass is 10.1. The third-order valence-corrected chi connectivity index (χ3v) is 11.5. The van der Waals surface area contributed by atoms with Gasteiger partial charge in [0.05, 0.1) is 5.39 Å². The molecule has 2 aromatic rings. The van der Waals surface area contributed by atoms with Gasteiger partial charge >= 0.3 is 0 Å². The second-order valence-electron chi connectivity index (χ2n) is 7.63. The maximum Gasteiger partial charge on any atom is 0.208 e. The van der Waals surface area contributed by atoms with Gasteiger partial charge in [-0.2, -0.15) is 0 Å². The van der Waals surface area contributed by atoms with Crippen LogP contribution in [-0.4, -0.2) is 8.07 Å². The smallest absolute Gasteiger partial charge is 0.208 e. The van der Waals surface area contributed by atoms with Crippen molar-refractivity contribution in [3.63, 3.8) is 0 Å². The summed E-state index contributed by atoms with van der Waals surface area (Å²) in [6, 6.07) is 5.67. The number of benzene rings is 1. The van der Waals surface area contributed by atoms with E-state index < -0.39 is 8.07 Å². The Kier molecular flexibility index (Phi) is 5.40. The Bertz CT molecular complexity index is 826. The van der Waals surface area contributed by atoms with Gasteiger partial charge in [-0.15, -0.1) is 5.54 Å². The summed E-state index contributed by atoms with van der Waals surface area (Å²) < 4.78 is 5.64. The molecule has 0 atom stereocenters. The summed E-state index contributed by atoms with van der Waals surface area (Å²) in [5.41, 5.74) is 7.35. The van der Waals surface area contributed by atoms with Crippen LogP contribution in [0.4, 0.5) is 0 Å². The molecule has 0 N–H and O–H groups in total. The van der Waals surface area contributed by atoms with Gasteiger partial charge in [-0.3, -0.25) is 4.79 Å². The van der Waals surface area contributed by atoms with E-state index in [0.717, 1.165) is 5.56 Å². The second kappa shape index (κ2) is 6.99. The minimum absolute atomic E-state index is 0.0216. The Balaban J connectivity index is 2.63. The van der Waals surface area contributed by atoms with Gasteiger partial charge < -0.3 is 4.42 Å². The molecule has 2 nitrogen and oxygen atoms in total. The SMILES string of the molecule is Cc1ccc2occ(C#C[Si](C(C)C)(C(C)C)C(C)C)c(=O)c2c1. The monoisotopic (exact) mass is 340 g/mol. The number of aryl methyl sites for hydroxylation is 1. The van der Waals surface area contributed by atoms with Gasteiger partial charge in [-0.25, -0.2) is 0 Å². The van der Waals surface area contributed by atoms with Crippen LogP contribution < -0.4 is 5.43 Å². The summed E-state index contributed by atoms with van der Waals surface area (Å²) in [4.78, 5) is 12.8. The summed E-state index contributed by atoms with van der Waals surface area (Å²) in [6.07, 6.45) is 1.52. The average Bonchev–Trinajstić information content (AvgIpc) is 2.49. The van der Waals surface area contributed by atoms with E-state index in [-0.39, 0.29) is 5.43 Å². The Morgan fingerprint density at radius 3 is 2.12 bits per heavy atom. The molecule has 1 aromatic heterocycles. The highest BCUT2D eigenvalue weighted by Gasteiger charge is 2.41. The van der Waals surface area contributed by atoms with Gasteiger partial charge in [0.1, 0.15) is 25.5 Å². The summed E-state index contributed by atoms with van der Waals surface area (Å²) in [7, 11) is -1.85. The van der Waals surface area contributed by atoms with Crippen molar-refractivity contribution in [2.45, 2.75) is 65.1 Å². The number of rotatable bonds is 3. The molecular formula is C21H28O2Si. The van der Waals surface area contributed by atoms with Crippen LogP contribution in [0.25, 0.3) is 11.0 Å². The van der Waals surface area contributed by atoms with Gasteiger partial charge in [-0.1, -0.05) is 59.1 Å². The van der Waals surface area contributed by atoms with Crippen molar-refractivity contribution in [3.8, 4) is 11.5 Å². The molecule has 1 heterocycles. The molecule has 0 saturated heterocycles. The zero-order valence-corrected chi connectivity index (χ0v) is 16.9. The lowest BCUT2D eigenvalue weighted by molar-refractivity contribution is 0.600. The zero-order chi connectivity index (χ0) is 18.1. The standard InChI is InChI=1S/C21H28O2Si/c1-14(2)24(15(3)4,16(5)6)11-10-18-13-23-20-9-8-17(7)12-19(20)21(18)22/h8-9,12-16H,1-7H3. The Labute approximate surface area is 146 Å². The van der Waals surface area contributed by atoms with Crippen LogP contribution in [0.15, 0.2) is 33.7 Å². The lowest BCUT2D eigenvalue weighted by Crippen LogP contribution is -2.43. The molecule has 3 heteroatoms. The van der Waals surface area contributed by atoms with Crippen molar-refractivity contribution >= 4 is 19.0 Å². The van der Waals surface area contributed by atoms with Gasteiger partial charge in [-0.05, 0) is 35.7 Å². The van der Waals surface area contributed by atoms with E-state index in [1.807, 2.05) is 25.1 Å². The molecule has 0 aliphatic rings. The zero-order valence-electron chi connectivity index (χ0n) is 15.9. The van der Waals surface area contributed by atoms with Crippen molar-refractivity contribution in [3.05, 3.63) is 45.8 Å². The summed E-state index contributed by atoms with van der Waals surface area (Å²) in [5.74, 6) is 3.21. The van der Waals surface area contributed by atoms with Crippen molar-refractivity contribution in [2.75, 3.05) is 0 Å². The van der Waals surface area contributed by atoms with Crippen LogP contribution >= 0.6 is 0 Å². The molecule has 0 amide bonds. The van der Waals surface area contributed by atoms with Crippen molar-refractivity contribution < 1.29 is 4.42 Å². The van der Waals surface area contributed by atoms with E-state index in [4.69, 9.17) is 4.42 Å². The maximum atomic E-state index is 12.8. The van der Waals surface area contributed by atoms with Crippen LogP contribution in [0, 0.1) is 18.4 Å². The van der Waals surface area contributed by atoms with E-state index in [2.05, 4.69) is 53.0 Å². The van der Waals surface area contributed by atoms with Crippen LogP contribution in [0.1, 0.15) is 52.7 Å². The maximum absolute atomic E-state index is 12.8. The van der Waals surface area contributed by atoms with E-state index in [1.54, 1.807) is 0 Å². The molecule has 0 radical (unpaired) electrons. The highest BCUT2D eigenvalue weighted by atomic mass is 28.3. The number of hydrogen-bond donors (Lipinski definition) is 0. The average molecular weight is 341 g/mol. The van der Waals surface area contributed by atoms with Crippen molar-refractivity contribution in [2.24, 2.45) is 0 Å². The normalized spacial score (nSPS) is 12.1. The molecule has 0 aliphatic carbocycles. The summed E-state index contributed by atoms with van der Waals surface area (Å²) >= 11 is 0. The van der Waals surface area contributed by atoms with E-state index in [1.165, 1.54) is 6.26 Å². The molecule has 128 valence electrons. The molecule has 24 heavy (non-hydrogen) atoms. The molecule has 0 unspecified atom stereocenters. The second-order valence-corrected chi connectivity index (χ2v) is 13.2. The first-order valence-electron chi connectivity index (χ1n) is 8.75. The lowest BCUT2D eigenvalue weighted by Gasteiger charge is -2.38. The van der Waals surface area contributed by atoms with E-state index >= 15 is 0 Å². The minimum Gasteiger partial charge on any atom is -0.463 e. The molecule has 0 saturated carbocycles. The fraction of sp³-hybridized carbons (Fsp3) is 0.476. The van der Waals surface area contributed by atoms with Crippen LogP contribution in [0.2, 0.25) is 16.6 Å².